The van der Waals surface area contributed by atoms with E-state index < -0.39 is 0 Å². The lowest BCUT2D eigenvalue weighted by Crippen LogP contribution is -2.31. The summed E-state index contributed by atoms with van der Waals surface area (Å²) in [5, 5.41) is 0. The number of benzene rings is 1. The van der Waals surface area contributed by atoms with Crippen molar-refractivity contribution in [2.45, 2.75) is 37.8 Å². The summed E-state index contributed by atoms with van der Waals surface area (Å²) < 4.78 is 18.5. The van der Waals surface area contributed by atoms with E-state index in [4.69, 9.17) is 16.2 Å². The molecule has 3 nitrogen and oxygen atoms in total. The van der Waals surface area contributed by atoms with Gasteiger partial charge in [0.1, 0.15) is 0 Å². The van der Waals surface area contributed by atoms with Crippen LogP contribution in [0.3, 0.4) is 0 Å². The van der Waals surface area contributed by atoms with Crippen LogP contribution in [0.15, 0.2) is 18.2 Å². The third kappa shape index (κ3) is 2.82. The summed E-state index contributed by atoms with van der Waals surface area (Å²) in [5.41, 5.74) is 12.9. The highest BCUT2D eigenvalue weighted by molar-refractivity contribution is 5.31. The van der Waals surface area contributed by atoms with E-state index in [0.29, 0.717) is 12.0 Å². The average molecular weight is 252 g/mol. The standard InChI is InChI=1S/C14H21FN2O/c1-18-13-7-4-10(8-12(13)15)14(17)9-2-5-11(16)6-3-9/h4,7-9,11,14H,2-3,5-6,16-17H2,1H3. The molecule has 1 atom stereocenters. The van der Waals surface area contributed by atoms with Gasteiger partial charge in [-0.05, 0) is 49.3 Å². The Bertz CT molecular complexity index is 403. The van der Waals surface area contributed by atoms with Crippen LogP contribution in [0.4, 0.5) is 4.39 Å². The van der Waals surface area contributed by atoms with Crippen LogP contribution >= 0.6 is 0 Å². The Kier molecular flexibility index (Phi) is 4.19. The van der Waals surface area contributed by atoms with Crippen LogP contribution in [0.25, 0.3) is 0 Å². The molecule has 0 saturated heterocycles. The second kappa shape index (κ2) is 5.67. The Labute approximate surface area is 107 Å². The summed E-state index contributed by atoms with van der Waals surface area (Å²) in [6, 6.07) is 5.16. The third-order valence-corrected chi connectivity index (χ3v) is 3.89. The molecule has 0 aliphatic heterocycles. The van der Waals surface area contributed by atoms with Crippen molar-refractivity contribution in [3.63, 3.8) is 0 Å². The quantitative estimate of drug-likeness (QED) is 0.868. The predicted molar refractivity (Wildman–Crippen MR) is 69.8 cm³/mol. The molecule has 100 valence electrons. The molecule has 0 spiro atoms. The molecule has 4 heteroatoms. The summed E-state index contributed by atoms with van der Waals surface area (Å²) >= 11 is 0. The number of hydrogen-bond donors (Lipinski definition) is 2. The van der Waals surface area contributed by atoms with Gasteiger partial charge in [0.05, 0.1) is 7.11 Å². The van der Waals surface area contributed by atoms with Gasteiger partial charge in [0.15, 0.2) is 11.6 Å². The summed E-state index contributed by atoms with van der Waals surface area (Å²) in [6.45, 7) is 0. The van der Waals surface area contributed by atoms with Crippen LogP contribution in [0.1, 0.15) is 37.3 Å². The van der Waals surface area contributed by atoms with E-state index in [9.17, 15) is 4.39 Å². The molecule has 1 aromatic carbocycles. The van der Waals surface area contributed by atoms with Crippen LogP contribution in [0.5, 0.6) is 5.75 Å². The normalized spacial score (nSPS) is 25.8. The van der Waals surface area contributed by atoms with E-state index in [1.807, 2.05) is 6.07 Å². The molecule has 1 aliphatic rings. The zero-order chi connectivity index (χ0) is 13.1. The molecule has 2 rings (SSSR count). The van der Waals surface area contributed by atoms with Gasteiger partial charge in [0.2, 0.25) is 0 Å². The maximum Gasteiger partial charge on any atom is 0.165 e. The zero-order valence-corrected chi connectivity index (χ0v) is 10.7. The van der Waals surface area contributed by atoms with E-state index in [-0.39, 0.29) is 17.6 Å². The fourth-order valence-electron chi connectivity index (χ4n) is 2.67. The smallest absolute Gasteiger partial charge is 0.165 e. The number of halogens is 1. The molecule has 0 aromatic heterocycles. The molecule has 1 saturated carbocycles. The molecule has 0 bridgehead atoms. The summed E-state index contributed by atoms with van der Waals surface area (Å²) in [7, 11) is 1.46. The van der Waals surface area contributed by atoms with Gasteiger partial charge in [-0.1, -0.05) is 6.07 Å². The van der Waals surface area contributed by atoms with Crippen LogP contribution in [-0.2, 0) is 0 Å². The van der Waals surface area contributed by atoms with Gasteiger partial charge in [-0.2, -0.15) is 0 Å². The van der Waals surface area contributed by atoms with Gasteiger partial charge in [-0.25, -0.2) is 4.39 Å². The number of rotatable bonds is 3. The minimum Gasteiger partial charge on any atom is -0.494 e. The maximum atomic E-state index is 13.6. The monoisotopic (exact) mass is 252 g/mol. The van der Waals surface area contributed by atoms with Gasteiger partial charge in [-0.15, -0.1) is 0 Å². The highest BCUT2D eigenvalue weighted by Gasteiger charge is 2.25. The summed E-state index contributed by atoms with van der Waals surface area (Å²) in [6.07, 6.45) is 4.07. The molecule has 0 amide bonds. The lowest BCUT2D eigenvalue weighted by Gasteiger charge is -2.30. The van der Waals surface area contributed by atoms with E-state index >= 15 is 0 Å². The van der Waals surface area contributed by atoms with Crippen molar-refractivity contribution >= 4 is 0 Å². The van der Waals surface area contributed by atoms with Gasteiger partial charge >= 0.3 is 0 Å². The molecule has 1 fully saturated rings. The van der Waals surface area contributed by atoms with Gasteiger partial charge in [-0.3, -0.25) is 0 Å². The summed E-state index contributed by atoms with van der Waals surface area (Å²) in [5.74, 6) is 0.312. The van der Waals surface area contributed by atoms with E-state index in [2.05, 4.69) is 0 Å². The molecule has 1 unspecified atom stereocenters. The molecule has 1 aliphatic carbocycles. The first-order valence-electron chi connectivity index (χ1n) is 6.46. The van der Waals surface area contributed by atoms with Crippen molar-refractivity contribution in [3.05, 3.63) is 29.6 Å². The lowest BCUT2D eigenvalue weighted by molar-refractivity contribution is 0.284. The average Bonchev–Trinajstić information content (AvgIpc) is 2.38. The molecule has 0 radical (unpaired) electrons. The van der Waals surface area contributed by atoms with Crippen LogP contribution in [-0.4, -0.2) is 13.2 Å². The van der Waals surface area contributed by atoms with Gasteiger partial charge in [0.25, 0.3) is 0 Å². The number of ether oxygens (including phenoxy) is 1. The minimum atomic E-state index is -0.349. The van der Waals surface area contributed by atoms with E-state index in [1.165, 1.54) is 13.2 Å². The van der Waals surface area contributed by atoms with Crippen molar-refractivity contribution in [2.24, 2.45) is 17.4 Å². The molecule has 18 heavy (non-hydrogen) atoms. The van der Waals surface area contributed by atoms with Crippen LogP contribution in [0, 0.1) is 11.7 Å². The van der Waals surface area contributed by atoms with Gasteiger partial charge in [0, 0.05) is 12.1 Å². The van der Waals surface area contributed by atoms with Crippen LogP contribution in [0.2, 0.25) is 0 Å². The Morgan fingerprint density at radius 1 is 1.28 bits per heavy atom. The predicted octanol–water partition coefficient (Wildman–Crippen LogP) is 2.35. The Hall–Kier alpha value is -1.13. The van der Waals surface area contributed by atoms with Crippen molar-refractivity contribution < 1.29 is 9.13 Å². The van der Waals surface area contributed by atoms with E-state index in [1.54, 1.807) is 6.07 Å². The molecule has 1 aromatic rings. The number of methoxy groups -OCH3 is 1. The second-order valence-electron chi connectivity index (χ2n) is 5.09. The fraction of sp³-hybridized carbons (Fsp3) is 0.571. The Balaban J connectivity index is 2.08. The van der Waals surface area contributed by atoms with Crippen molar-refractivity contribution in [1.82, 2.24) is 0 Å². The lowest BCUT2D eigenvalue weighted by atomic mass is 9.80. The molecular formula is C14H21FN2O. The summed E-state index contributed by atoms with van der Waals surface area (Å²) in [4.78, 5) is 0. The highest BCUT2D eigenvalue weighted by atomic mass is 19.1. The largest absolute Gasteiger partial charge is 0.494 e. The maximum absolute atomic E-state index is 13.6. The van der Waals surface area contributed by atoms with Crippen molar-refractivity contribution in [3.8, 4) is 5.75 Å². The SMILES string of the molecule is COc1ccc(C(N)C2CCC(N)CC2)cc1F. The first-order valence-corrected chi connectivity index (χ1v) is 6.46. The van der Waals surface area contributed by atoms with Gasteiger partial charge < -0.3 is 16.2 Å². The first kappa shape index (κ1) is 13.3. The fourth-order valence-corrected chi connectivity index (χ4v) is 2.67. The molecule has 4 N–H and O–H groups in total. The first-order chi connectivity index (χ1) is 8.61. The number of nitrogens with two attached hydrogens (primary N) is 2. The topological polar surface area (TPSA) is 61.3 Å². The van der Waals surface area contributed by atoms with Crippen molar-refractivity contribution in [2.75, 3.05) is 7.11 Å². The zero-order valence-electron chi connectivity index (χ0n) is 10.7. The Morgan fingerprint density at radius 3 is 2.50 bits per heavy atom. The minimum absolute atomic E-state index is 0.113. The third-order valence-electron chi connectivity index (χ3n) is 3.89. The van der Waals surface area contributed by atoms with E-state index in [0.717, 1.165) is 31.2 Å². The second-order valence-corrected chi connectivity index (χ2v) is 5.09. The highest BCUT2D eigenvalue weighted by Crippen LogP contribution is 2.33. The number of hydrogen-bond acceptors (Lipinski definition) is 3. The molecular weight excluding hydrogens is 231 g/mol. The Morgan fingerprint density at radius 2 is 1.94 bits per heavy atom. The van der Waals surface area contributed by atoms with Crippen LogP contribution < -0.4 is 16.2 Å². The van der Waals surface area contributed by atoms with Crippen molar-refractivity contribution in [1.29, 1.82) is 0 Å². The molecule has 0 heterocycles.